The van der Waals surface area contributed by atoms with E-state index in [-0.39, 0.29) is 12.0 Å². The van der Waals surface area contributed by atoms with Gasteiger partial charge in [-0.15, -0.1) is 0 Å². The first-order valence-electron chi connectivity index (χ1n) is 9.42. The normalized spacial score (nSPS) is 12.0. The third kappa shape index (κ3) is 6.13. The molecular weight excluding hydrogens is 388 g/mol. The van der Waals surface area contributed by atoms with Crippen molar-refractivity contribution in [2.45, 2.75) is 33.7 Å². The number of aryl methyl sites for hydroxylation is 1. The van der Waals surface area contributed by atoms with Gasteiger partial charge in [-0.2, -0.15) is 5.10 Å². The fourth-order valence-electron chi connectivity index (χ4n) is 2.98. The molecule has 0 saturated heterocycles. The number of nitrogens with one attached hydrogen (secondary N) is 2. The zero-order valence-corrected chi connectivity index (χ0v) is 18.3. The van der Waals surface area contributed by atoms with E-state index in [1.807, 2.05) is 39.0 Å². The second-order valence-electron chi connectivity index (χ2n) is 6.63. The van der Waals surface area contributed by atoms with E-state index in [1.165, 1.54) is 0 Å². The third-order valence-corrected chi connectivity index (χ3v) is 4.48. The Morgan fingerprint density at radius 1 is 1.31 bits per heavy atom. The summed E-state index contributed by atoms with van der Waals surface area (Å²) in [5, 5.41) is 7.75. The molecule has 0 aliphatic carbocycles. The van der Waals surface area contributed by atoms with Crippen molar-refractivity contribution in [2.75, 3.05) is 20.3 Å². The molecule has 0 fully saturated rings. The van der Waals surface area contributed by atoms with Crippen LogP contribution in [0.1, 0.15) is 41.2 Å². The van der Waals surface area contributed by atoms with E-state index < -0.39 is 0 Å². The van der Waals surface area contributed by atoms with Gasteiger partial charge in [0.15, 0.2) is 5.11 Å². The van der Waals surface area contributed by atoms with Crippen LogP contribution in [0.25, 0.3) is 5.69 Å². The molecule has 2 aromatic rings. The van der Waals surface area contributed by atoms with Gasteiger partial charge in [-0.05, 0) is 70.2 Å². The van der Waals surface area contributed by atoms with Crippen LogP contribution < -0.4 is 10.7 Å². The molecule has 2 rings (SSSR count). The Morgan fingerprint density at radius 3 is 2.62 bits per heavy atom. The first-order valence-corrected chi connectivity index (χ1v) is 9.83. The van der Waals surface area contributed by atoms with Gasteiger partial charge in [0.05, 0.1) is 25.0 Å². The number of hydrogen-bond donors (Lipinski definition) is 2. The maximum Gasteiger partial charge on any atom is 0.338 e. The highest BCUT2D eigenvalue weighted by molar-refractivity contribution is 7.80. The van der Waals surface area contributed by atoms with E-state index >= 15 is 0 Å². The maximum atomic E-state index is 11.8. The number of ether oxygens (including phenoxy) is 2. The Kier molecular flexibility index (Phi) is 8.35. The van der Waals surface area contributed by atoms with Crippen molar-refractivity contribution < 1.29 is 14.3 Å². The van der Waals surface area contributed by atoms with Gasteiger partial charge in [0, 0.05) is 35.8 Å². The fraction of sp³-hybridized carbons (Fsp3) is 0.381. The molecule has 1 aromatic carbocycles. The molecule has 0 aliphatic heterocycles. The van der Waals surface area contributed by atoms with Crippen LogP contribution in [0.4, 0.5) is 0 Å². The molecule has 0 saturated carbocycles. The van der Waals surface area contributed by atoms with Crippen LogP contribution >= 0.6 is 12.2 Å². The molecule has 1 atom stereocenters. The molecule has 7 nitrogen and oxygen atoms in total. The predicted octanol–water partition coefficient (Wildman–Crippen LogP) is 3.10. The summed E-state index contributed by atoms with van der Waals surface area (Å²) in [5.41, 5.74) is 7.38. The lowest BCUT2D eigenvalue weighted by Crippen LogP contribution is -2.40. The van der Waals surface area contributed by atoms with E-state index in [9.17, 15) is 4.79 Å². The van der Waals surface area contributed by atoms with E-state index in [4.69, 9.17) is 21.7 Å². The predicted molar refractivity (Wildman–Crippen MR) is 119 cm³/mol. The zero-order chi connectivity index (χ0) is 21.4. The maximum absolute atomic E-state index is 11.8. The molecule has 1 aromatic heterocycles. The van der Waals surface area contributed by atoms with Gasteiger partial charge in [-0.25, -0.2) is 4.79 Å². The standard InChI is InChI=1S/C21H28N4O3S/c1-6-28-20(26)17-7-9-19(10-8-17)25-15(3)11-18(16(25)4)12-22-24-21(29)23-14(2)13-27-5/h7-12,14H,6,13H2,1-5H3,(H2,23,24,29)/b22-12-/t14-/m1/s1. The first kappa shape index (κ1) is 22.6. The summed E-state index contributed by atoms with van der Waals surface area (Å²) in [6.07, 6.45) is 1.74. The molecule has 0 aliphatic rings. The van der Waals surface area contributed by atoms with Crippen LogP contribution in [0, 0.1) is 13.8 Å². The van der Waals surface area contributed by atoms with E-state index in [0.29, 0.717) is 23.9 Å². The van der Waals surface area contributed by atoms with Crippen LogP contribution in [-0.4, -0.2) is 48.2 Å². The molecule has 8 heteroatoms. The third-order valence-electron chi connectivity index (χ3n) is 4.27. The van der Waals surface area contributed by atoms with Gasteiger partial charge in [0.2, 0.25) is 0 Å². The lowest BCUT2D eigenvalue weighted by Gasteiger charge is -2.13. The Morgan fingerprint density at radius 2 is 2.00 bits per heavy atom. The fourth-order valence-corrected chi connectivity index (χ4v) is 3.24. The second kappa shape index (κ2) is 10.7. The molecule has 156 valence electrons. The Balaban J connectivity index is 2.10. The molecule has 0 unspecified atom stereocenters. The van der Waals surface area contributed by atoms with Crippen LogP contribution in [0.5, 0.6) is 0 Å². The Bertz CT molecular complexity index is 875. The van der Waals surface area contributed by atoms with Crippen LogP contribution in [0.2, 0.25) is 0 Å². The average molecular weight is 417 g/mol. The second-order valence-corrected chi connectivity index (χ2v) is 7.04. The number of hydrogen-bond acceptors (Lipinski definition) is 5. The summed E-state index contributed by atoms with van der Waals surface area (Å²) in [5.74, 6) is -0.316. The molecule has 0 spiro atoms. The summed E-state index contributed by atoms with van der Waals surface area (Å²) in [4.78, 5) is 11.8. The monoisotopic (exact) mass is 416 g/mol. The van der Waals surface area contributed by atoms with Crippen LogP contribution in [0.15, 0.2) is 35.4 Å². The number of carbonyl (C=O) groups excluding carboxylic acids is 1. The van der Waals surface area contributed by atoms with E-state index in [0.717, 1.165) is 22.6 Å². The van der Waals surface area contributed by atoms with Gasteiger partial charge >= 0.3 is 5.97 Å². The quantitative estimate of drug-likeness (QED) is 0.298. The minimum atomic E-state index is -0.316. The zero-order valence-electron chi connectivity index (χ0n) is 17.5. The summed E-state index contributed by atoms with van der Waals surface area (Å²) in [6, 6.07) is 9.49. The van der Waals surface area contributed by atoms with Crippen molar-refractivity contribution in [1.29, 1.82) is 0 Å². The lowest BCUT2D eigenvalue weighted by atomic mass is 10.2. The van der Waals surface area contributed by atoms with Gasteiger partial charge in [-0.1, -0.05) is 0 Å². The summed E-state index contributed by atoms with van der Waals surface area (Å²) in [7, 11) is 1.65. The highest BCUT2D eigenvalue weighted by Crippen LogP contribution is 2.20. The molecule has 0 bridgehead atoms. The molecule has 29 heavy (non-hydrogen) atoms. The number of hydrazone groups is 1. The lowest BCUT2D eigenvalue weighted by molar-refractivity contribution is 0.0526. The van der Waals surface area contributed by atoms with Crippen molar-refractivity contribution in [2.24, 2.45) is 5.10 Å². The van der Waals surface area contributed by atoms with E-state index in [2.05, 4.69) is 20.4 Å². The molecule has 0 radical (unpaired) electrons. The minimum Gasteiger partial charge on any atom is -0.462 e. The highest BCUT2D eigenvalue weighted by atomic mass is 32.1. The summed E-state index contributed by atoms with van der Waals surface area (Å²) in [6.45, 7) is 8.72. The number of benzene rings is 1. The highest BCUT2D eigenvalue weighted by Gasteiger charge is 2.11. The molecule has 1 heterocycles. The Labute approximate surface area is 177 Å². The van der Waals surface area contributed by atoms with Gasteiger partial charge in [-0.3, -0.25) is 5.43 Å². The SMILES string of the molecule is CCOC(=O)c1ccc(-n2c(C)cc(/C=N\NC(=S)N[C@H](C)COC)c2C)cc1. The van der Waals surface area contributed by atoms with Crippen LogP contribution in [0.3, 0.4) is 0 Å². The van der Waals surface area contributed by atoms with Crippen molar-refractivity contribution in [3.8, 4) is 5.69 Å². The van der Waals surface area contributed by atoms with Gasteiger partial charge in [0.25, 0.3) is 0 Å². The summed E-state index contributed by atoms with van der Waals surface area (Å²) >= 11 is 5.22. The van der Waals surface area contributed by atoms with Crippen molar-refractivity contribution in [3.63, 3.8) is 0 Å². The number of carbonyl (C=O) groups is 1. The minimum absolute atomic E-state index is 0.0952. The number of aromatic nitrogens is 1. The number of nitrogens with zero attached hydrogens (tertiary/aromatic N) is 2. The largest absolute Gasteiger partial charge is 0.462 e. The number of rotatable bonds is 8. The van der Waals surface area contributed by atoms with E-state index in [1.54, 1.807) is 32.4 Å². The van der Waals surface area contributed by atoms with Crippen molar-refractivity contribution in [3.05, 3.63) is 52.8 Å². The topological polar surface area (TPSA) is 76.9 Å². The molecular formula is C21H28N4O3S. The molecule has 0 amide bonds. The molecule has 2 N–H and O–H groups in total. The number of methoxy groups -OCH3 is 1. The average Bonchev–Trinajstić information content (AvgIpc) is 2.95. The smallest absolute Gasteiger partial charge is 0.338 e. The van der Waals surface area contributed by atoms with Gasteiger partial charge in [0.1, 0.15) is 0 Å². The summed E-state index contributed by atoms with van der Waals surface area (Å²) < 4.78 is 12.2. The van der Waals surface area contributed by atoms with Crippen molar-refractivity contribution in [1.82, 2.24) is 15.3 Å². The Hall–Kier alpha value is -2.71. The first-order chi connectivity index (χ1) is 13.9. The van der Waals surface area contributed by atoms with Crippen LogP contribution in [-0.2, 0) is 9.47 Å². The van der Waals surface area contributed by atoms with Crippen molar-refractivity contribution >= 4 is 29.5 Å². The number of thiocarbonyl (C=S) groups is 1. The van der Waals surface area contributed by atoms with Gasteiger partial charge < -0.3 is 19.4 Å². The number of esters is 1.